The number of carboxylic acid groups (broad SMARTS) is 1. The molecule has 0 bridgehead atoms. The third-order valence-electron chi connectivity index (χ3n) is 3.02. The van der Waals surface area contributed by atoms with E-state index in [-0.39, 0.29) is 24.6 Å². The molecule has 2 rings (SSSR count). The monoisotopic (exact) mass is 226 g/mol. The van der Waals surface area contributed by atoms with Gasteiger partial charge in [0.1, 0.15) is 0 Å². The smallest absolute Gasteiger partial charge is 0.543 e. The molecule has 0 unspecified atom stereocenters. The van der Waals surface area contributed by atoms with E-state index in [0.717, 1.165) is 30.8 Å². The fourth-order valence-electron chi connectivity index (χ4n) is 1.99. The summed E-state index contributed by atoms with van der Waals surface area (Å²) in [4.78, 5) is 17.1. The molecule has 2 heterocycles. The van der Waals surface area contributed by atoms with Gasteiger partial charge in [-0.15, -0.1) is 0 Å². The normalized spacial score (nSPS) is 15.2. The second kappa shape index (κ2) is 5.68. The zero-order chi connectivity index (χ0) is 11.7. The first-order valence-corrected chi connectivity index (χ1v) is 5.52. The van der Waals surface area contributed by atoms with Crippen molar-refractivity contribution in [2.75, 3.05) is 6.54 Å². The summed E-state index contributed by atoms with van der Waals surface area (Å²) < 4.78 is 0. The van der Waals surface area contributed by atoms with Gasteiger partial charge in [-0.25, -0.2) is 0 Å². The molecule has 0 saturated heterocycles. The standard InChI is InChI=1S/C12H16N2O2.Li/c1-8(2)14-6-5-10-9(7-14)3-4-11(13-10)12(15)16;/h3-4,8H,5-7H2,1-2H3,(H,15,16);/q;+1/p-1. The van der Waals surface area contributed by atoms with E-state index in [2.05, 4.69) is 23.7 Å². The number of carboxylic acids is 1. The molecule has 86 valence electrons. The Morgan fingerprint density at radius 3 is 2.76 bits per heavy atom. The summed E-state index contributed by atoms with van der Waals surface area (Å²) in [6.45, 7) is 6.11. The van der Waals surface area contributed by atoms with Gasteiger partial charge >= 0.3 is 18.9 Å². The van der Waals surface area contributed by atoms with Crippen molar-refractivity contribution in [1.29, 1.82) is 0 Å². The summed E-state index contributed by atoms with van der Waals surface area (Å²) >= 11 is 0. The average molecular weight is 226 g/mol. The Hall–Kier alpha value is -0.823. The summed E-state index contributed by atoms with van der Waals surface area (Å²) in [6, 6.07) is 3.88. The molecule has 1 aromatic heterocycles. The van der Waals surface area contributed by atoms with Crippen molar-refractivity contribution < 1.29 is 28.8 Å². The van der Waals surface area contributed by atoms with E-state index < -0.39 is 5.97 Å². The number of rotatable bonds is 2. The quantitative estimate of drug-likeness (QED) is 0.512. The summed E-state index contributed by atoms with van der Waals surface area (Å²) in [7, 11) is 0. The molecule has 0 saturated carbocycles. The minimum absolute atomic E-state index is 0. The van der Waals surface area contributed by atoms with Crippen LogP contribution in [-0.2, 0) is 13.0 Å². The molecule has 5 heteroatoms. The van der Waals surface area contributed by atoms with Crippen LogP contribution in [0.5, 0.6) is 0 Å². The fraction of sp³-hybridized carbons (Fsp3) is 0.500. The van der Waals surface area contributed by atoms with Crippen molar-refractivity contribution in [1.82, 2.24) is 9.88 Å². The van der Waals surface area contributed by atoms with Gasteiger partial charge in [0.2, 0.25) is 0 Å². The number of fused-ring (bicyclic) bond motifs is 1. The maximum Gasteiger partial charge on any atom is 1.00 e. The molecule has 0 aromatic carbocycles. The minimum Gasteiger partial charge on any atom is -0.543 e. The number of carbonyl (C=O) groups is 1. The molecular weight excluding hydrogens is 211 g/mol. The second-order valence-corrected chi connectivity index (χ2v) is 4.40. The van der Waals surface area contributed by atoms with E-state index in [1.54, 1.807) is 0 Å². The zero-order valence-corrected chi connectivity index (χ0v) is 10.6. The van der Waals surface area contributed by atoms with Crippen molar-refractivity contribution in [2.45, 2.75) is 32.9 Å². The number of hydrogen-bond acceptors (Lipinski definition) is 4. The molecule has 1 aromatic rings. The Kier molecular flexibility index (Phi) is 4.76. The van der Waals surface area contributed by atoms with E-state index >= 15 is 0 Å². The Bertz CT molecular complexity index is 421. The Balaban J connectivity index is 0.00000144. The predicted octanol–water partition coefficient (Wildman–Crippen LogP) is -2.78. The van der Waals surface area contributed by atoms with Crippen LogP contribution >= 0.6 is 0 Å². The van der Waals surface area contributed by atoms with Crippen LogP contribution in [0.4, 0.5) is 0 Å². The van der Waals surface area contributed by atoms with Gasteiger partial charge in [0, 0.05) is 31.2 Å². The predicted molar refractivity (Wildman–Crippen MR) is 57.8 cm³/mol. The first kappa shape index (κ1) is 14.2. The average Bonchev–Trinajstić information content (AvgIpc) is 2.27. The molecule has 0 N–H and O–H groups in total. The summed E-state index contributed by atoms with van der Waals surface area (Å²) in [5, 5.41) is 10.7. The Morgan fingerprint density at radius 2 is 2.18 bits per heavy atom. The molecule has 0 aliphatic carbocycles. The zero-order valence-electron chi connectivity index (χ0n) is 10.6. The molecule has 1 aliphatic rings. The van der Waals surface area contributed by atoms with Gasteiger partial charge in [0.25, 0.3) is 0 Å². The molecule has 1 aliphatic heterocycles. The number of carbonyl (C=O) groups excluding carboxylic acids is 1. The number of pyridine rings is 1. The van der Waals surface area contributed by atoms with Crippen LogP contribution in [0.3, 0.4) is 0 Å². The number of nitrogens with zero attached hydrogens (tertiary/aromatic N) is 2. The van der Waals surface area contributed by atoms with Crippen molar-refractivity contribution in [3.8, 4) is 0 Å². The van der Waals surface area contributed by atoms with Gasteiger partial charge in [0.05, 0.1) is 11.7 Å². The van der Waals surface area contributed by atoms with Gasteiger partial charge in [0.15, 0.2) is 0 Å². The van der Waals surface area contributed by atoms with E-state index in [1.807, 2.05) is 6.07 Å². The molecule has 0 atom stereocenters. The van der Waals surface area contributed by atoms with Crippen molar-refractivity contribution in [3.63, 3.8) is 0 Å². The van der Waals surface area contributed by atoms with Crippen LogP contribution in [0.1, 0.15) is 35.6 Å². The second-order valence-electron chi connectivity index (χ2n) is 4.40. The summed E-state index contributed by atoms with van der Waals surface area (Å²) in [5.41, 5.74) is 2.07. The molecule has 0 radical (unpaired) electrons. The molecule has 4 nitrogen and oxygen atoms in total. The first-order valence-electron chi connectivity index (χ1n) is 5.52. The van der Waals surface area contributed by atoms with Gasteiger partial charge in [-0.05, 0) is 25.5 Å². The van der Waals surface area contributed by atoms with Crippen molar-refractivity contribution in [3.05, 3.63) is 29.1 Å². The van der Waals surface area contributed by atoms with Gasteiger partial charge in [-0.3, -0.25) is 9.88 Å². The largest absolute Gasteiger partial charge is 1.00 e. The third-order valence-corrected chi connectivity index (χ3v) is 3.02. The Labute approximate surface area is 113 Å². The molecule has 0 fully saturated rings. The number of aromatic nitrogens is 1. The van der Waals surface area contributed by atoms with Gasteiger partial charge < -0.3 is 9.90 Å². The van der Waals surface area contributed by atoms with E-state index in [4.69, 9.17) is 0 Å². The van der Waals surface area contributed by atoms with Gasteiger partial charge in [-0.2, -0.15) is 0 Å². The third kappa shape index (κ3) is 3.10. The van der Waals surface area contributed by atoms with Crippen LogP contribution < -0.4 is 24.0 Å². The molecule has 0 amide bonds. The van der Waals surface area contributed by atoms with Crippen molar-refractivity contribution in [2.24, 2.45) is 0 Å². The van der Waals surface area contributed by atoms with Crippen LogP contribution in [0.25, 0.3) is 0 Å². The number of hydrogen-bond donors (Lipinski definition) is 0. The van der Waals surface area contributed by atoms with E-state index in [9.17, 15) is 9.90 Å². The van der Waals surface area contributed by atoms with Crippen molar-refractivity contribution >= 4 is 5.97 Å². The van der Waals surface area contributed by atoms with Gasteiger partial charge in [-0.1, -0.05) is 6.07 Å². The summed E-state index contributed by atoms with van der Waals surface area (Å²) in [6.07, 6.45) is 0.814. The molecule has 17 heavy (non-hydrogen) atoms. The fourth-order valence-corrected chi connectivity index (χ4v) is 1.99. The molecular formula is C12H15LiN2O2. The topological polar surface area (TPSA) is 56.3 Å². The maximum absolute atomic E-state index is 10.7. The van der Waals surface area contributed by atoms with Crippen LogP contribution in [0, 0.1) is 0 Å². The first-order chi connectivity index (χ1) is 7.58. The van der Waals surface area contributed by atoms with Crippen LogP contribution in [-0.4, -0.2) is 28.4 Å². The number of aromatic carboxylic acids is 1. The van der Waals surface area contributed by atoms with E-state index in [1.165, 1.54) is 6.07 Å². The maximum atomic E-state index is 10.7. The SMILES string of the molecule is CC(C)N1CCc2nc(C(=O)[O-])ccc2C1.[Li+]. The summed E-state index contributed by atoms with van der Waals surface area (Å²) in [5.74, 6) is -1.20. The minimum atomic E-state index is -1.20. The van der Waals surface area contributed by atoms with E-state index in [0.29, 0.717) is 6.04 Å². The van der Waals surface area contributed by atoms with Crippen LogP contribution in [0.15, 0.2) is 12.1 Å². The molecule has 0 spiro atoms. The Morgan fingerprint density at radius 1 is 1.47 bits per heavy atom. The van der Waals surface area contributed by atoms with Crippen LogP contribution in [0.2, 0.25) is 0 Å².